The van der Waals surface area contributed by atoms with Crippen LogP contribution in [0.3, 0.4) is 0 Å². The van der Waals surface area contributed by atoms with E-state index in [1.807, 2.05) is 54.6 Å². The zero-order valence-corrected chi connectivity index (χ0v) is 15.3. The molecule has 1 unspecified atom stereocenters. The number of rotatable bonds is 5. The number of carbonyl (C=O) groups is 1. The van der Waals surface area contributed by atoms with Crippen LogP contribution in [-0.4, -0.2) is 28.5 Å². The van der Waals surface area contributed by atoms with Crippen LogP contribution >= 0.6 is 0 Å². The molecular formula is C22H23N3O2. The predicted molar refractivity (Wildman–Crippen MR) is 106 cm³/mol. The fourth-order valence-corrected chi connectivity index (χ4v) is 3.49. The Hall–Kier alpha value is -3.05. The van der Waals surface area contributed by atoms with E-state index in [0.29, 0.717) is 12.3 Å². The van der Waals surface area contributed by atoms with Crippen LogP contribution in [0.4, 0.5) is 5.69 Å². The monoisotopic (exact) mass is 361 g/mol. The van der Waals surface area contributed by atoms with Crippen molar-refractivity contribution in [3.8, 4) is 11.5 Å². The van der Waals surface area contributed by atoms with E-state index in [1.165, 1.54) is 5.69 Å². The molecule has 2 aromatic carbocycles. The van der Waals surface area contributed by atoms with Gasteiger partial charge in [0, 0.05) is 42.8 Å². The number of amides is 1. The average Bonchev–Trinajstić information content (AvgIpc) is 3.15. The van der Waals surface area contributed by atoms with Gasteiger partial charge >= 0.3 is 0 Å². The molecule has 0 radical (unpaired) electrons. The van der Waals surface area contributed by atoms with Gasteiger partial charge in [0.05, 0.1) is 6.54 Å². The Morgan fingerprint density at radius 3 is 2.70 bits per heavy atom. The number of benzene rings is 2. The number of nitrogens with zero attached hydrogens (tertiary/aromatic N) is 2. The number of para-hydroxylation sites is 1. The molecule has 0 spiro atoms. The highest BCUT2D eigenvalue weighted by atomic mass is 16.5. The maximum absolute atomic E-state index is 12.5. The molecule has 1 aliphatic rings. The Balaban J connectivity index is 1.38. The summed E-state index contributed by atoms with van der Waals surface area (Å²) in [6.07, 6.45) is 2.10. The van der Waals surface area contributed by atoms with Gasteiger partial charge in [-0.3, -0.25) is 9.69 Å². The lowest BCUT2D eigenvalue weighted by Crippen LogP contribution is -2.41. The third-order valence-corrected chi connectivity index (χ3v) is 4.91. The maximum atomic E-state index is 12.5. The molecule has 27 heavy (non-hydrogen) atoms. The highest BCUT2D eigenvalue weighted by molar-refractivity contribution is 5.92. The Kier molecular flexibility index (Phi) is 4.94. The molecular weight excluding hydrogens is 338 g/mol. The van der Waals surface area contributed by atoms with Gasteiger partial charge < -0.3 is 14.6 Å². The van der Waals surface area contributed by atoms with E-state index in [2.05, 4.69) is 40.0 Å². The minimum atomic E-state index is -0.0151. The molecule has 5 heteroatoms. The number of anilines is 1. The van der Waals surface area contributed by atoms with E-state index >= 15 is 0 Å². The van der Waals surface area contributed by atoms with Gasteiger partial charge in [-0.05, 0) is 43.3 Å². The van der Waals surface area contributed by atoms with Gasteiger partial charge in [0.15, 0.2) is 0 Å². The summed E-state index contributed by atoms with van der Waals surface area (Å²) < 4.78 is 8.09. The summed E-state index contributed by atoms with van der Waals surface area (Å²) in [6.45, 7) is 4.30. The van der Waals surface area contributed by atoms with Crippen LogP contribution in [0.25, 0.3) is 0 Å². The van der Waals surface area contributed by atoms with Crippen molar-refractivity contribution in [1.29, 1.82) is 0 Å². The van der Waals surface area contributed by atoms with Crippen LogP contribution in [0, 0.1) is 0 Å². The number of ether oxygens (including phenoxy) is 1. The van der Waals surface area contributed by atoms with Crippen LogP contribution in [0.2, 0.25) is 0 Å². The Labute approximate surface area is 159 Å². The second-order valence-corrected chi connectivity index (χ2v) is 6.76. The number of hydrogen-bond donors (Lipinski definition) is 1. The van der Waals surface area contributed by atoms with Crippen molar-refractivity contribution >= 4 is 11.6 Å². The van der Waals surface area contributed by atoms with Crippen molar-refractivity contribution in [3.05, 3.63) is 78.6 Å². The molecule has 1 N–H and O–H groups in total. The van der Waals surface area contributed by atoms with E-state index in [4.69, 9.17) is 4.74 Å². The molecule has 1 aromatic heterocycles. The summed E-state index contributed by atoms with van der Waals surface area (Å²) in [5.41, 5.74) is 1.99. The first-order valence-electron chi connectivity index (χ1n) is 9.21. The fraction of sp³-hybridized carbons (Fsp3) is 0.227. The van der Waals surface area contributed by atoms with Gasteiger partial charge in [-0.15, -0.1) is 0 Å². The van der Waals surface area contributed by atoms with E-state index in [-0.39, 0.29) is 11.9 Å². The minimum Gasteiger partial charge on any atom is -0.457 e. The lowest BCUT2D eigenvalue weighted by molar-refractivity contribution is -0.118. The van der Waals surface area contributed by atoms with E-state index < -0.39 is 0 Å². The number of nitrogens with one attached hydrogen (secondary N) is 1. The first-order chi connectivity index (χ1) is 13.2. The second-order valence-electron chi connectivity index (χ2n) is 6.76. The highest BCUT2D eigenvalue weighted by Gasteiger charge is 2.24. The fourth-order valence-electron chi connectivity index (χ4n) is 3.49. The van der Waals surface area contributed by atoms with Crippen LogP contribution in [-0.2, 0) is 11.3 Å². The third kappa shape index (κ3) is 4.04. The number of aromatic nitrogens is 1. The molecule has 3 aromatic rings. The van der Waals surface area contributed by atoms with Crippen molar-refractivity contribution < 1.29 is 9.53 Å². The van der Waals surface area contributed by atoms with Crippen LogP contribution < -0.4 is 10.1 Å². The van der Waals surface area contributed by atoms with Crippen LogP contribution in [0.15, 0.2) is 72.9 Å². The van der Waals surface area contributed by atoms with Gasteiger partial charge in [-0.25, -0.2) is 0 Å². The number of carbonyl (C=O) groups excluding carboxylic acids is 1. The largest absolute Gasteiger partial charge is 0.457 e. The summed E-state index contributed by atoms with van der Waals surface area (Å²) in [6, 6.07) is 21.5. The SMILES string of the molecule is CC1c2cccn2CCN1CC(=O)Nc1cccc(Oc2ccccc2)c1. The van der Waals surface area contributed by atoms with Crippen molar-refractivity contribution in [2.75, 3.05) is 18.4 Å². The normalized spacial score (nSPS) is 16.6. The molecule has 2 heterocycles. The van der Waals surface area contributed by atoms with E-state index in [0.717, 1.165) is 24.5 Å². The molecule has 1 amide bonds. The van der Waals surface area contributed by atoms with E-state index in [1.54, 1.807) is 0 Å². The third-order valence-electron chi connectivity index (χ3n) is 4.91. The predicted octanol–water partition coefficient (Wildman–Crippen LogP) is 4.30. The second kappa shape index (κ2) is 7.68. The molecule has 4 rings (SSSR count). The first-order valence-corrected chi connectivity index (χ1v) is 9.21. The molecule has 0 aliphatic carbocycles. The Bertz CT molecular complexity index is 920. The van der Waals surface area contributed by atoms with Gasteiger partial charge in [0.25, 0.3) is 0 Å². The highest BCUT2D eigenvalue weighted by Crippen LogP contribution is 2.26. The molecule has 0 bridgehead atoms. The van der Waals surface area contributed by atoms with E-state index in [9.17, 15) is 4.79 Å². The van der Waals surface area contributed by atoms with Crippen molar-refractivity contribution in [3.63, 3.8) is 0 Å². The topological polar surface area (TPSA) is 46.5 Å². The summed E-state index contributed by atoms with van der Waals surface area (Å²) in [5.74, 6) is 1.45. The van der Waals surface area contributed by atoms with Crippen LogP contribution in [0.5, 0.6) is 11.5 Å². The quantitative estimate of drug-likeness (QED) is 0.737. The molecule has 1 atom stereocenters. The molecule has 5 nitrogen and oxygen atoms in total. The van der Waals surface area contributed by atoms with Gasteiger partial charge in [0.1, 0.15) is 11.5 Å². The minimum absolute atomic E-state index is 0.0151. The summed E-state index contributed by atoms with van der Waals surface area (Å²) >= 11 is 0. The summed E-state index contributed by atoms with van der Waals surface area (Å²) in [4.78, 5) is 14.7. The van der Waals surface area contributed by atoms with Crippen molar-refractivity contribution in [2.45, 2.75) is 19.5 Å². The van der Waals surface area contributed by atoms with Gasteiger partial charge in [-0.1, -0.05) is 24.3 Å². The first kappa shape index (κ1) is 17.4. The number of fused-ring (bicyclic) bond motifs is 1. The van der Waals surface area contributed by atoms with Crippen molar-refractivity contribution in [2.24, 2.45) is 0 Å². The smallest absolute Gasteiger partial charge is 0.238 e. The van der Waals surface area contributed by atoms with Gasteiger partial charge in [0.2, 0.25) is 5.91 Å². The molecule has 1 aliphatic heterocycles. The average molecular weight is 361 g/mol. The Morgan fingerprint density at radius 1 is 1.04 bits per heavy atom. The molecule has 0 saturated carbocycles. The summed E-state index contributed by atoms with van der Waals surface area (Å²) in [7, 11) is 0. The molecule has 0 saturated heterocycles. The van der Waals surface area contributed by atoms with Crippen molar-refractivity contribution in [1.82, 2.24) is 9.47 Å². The van der Waals surface area contributed by atoms with Crippen LogP contribution in [0.1, 0.15) is 18.7 Å². The lowest BCUT2D eigenvalue weighted by atomic mass is 10.1. The standard InChI is InChI=1S/C22H23N3O2/c1-17-21-11-6-12-24(21)13-14-25(17)16-22(26)23-18-7-5-10-20(15-18)27-19-8-3-2-4-9-19/h2-12,15,17H,13-14,16H2,1H3,(H,23,26). The maximum Gasteiger partial charge on any atom is 0.238 e. The molecule has 0 fully saturated rings. The summed E-state index contributed by atoms with van der Waals surface area (Å²) in [5, 5.41) is 2.99. The molecule has 138 valence electrons. The Morgan fingerprint density at radius 2 is 1.85 bits per heavy atom. The zero-order valence-electron chi connectivity index (χ0n) is 15.3. The van der Waals surface area contributed by atoms with Gasteiger partial charge in [-0.2, -0.15) is 0 Å². The number of hydrogen-bond acceptors (Lipinski definition) is 3. The lowest BCUT2D eigenvalue weighted by Gasteiger charge is -2.34. The zero-order chi connectivity index (χ0) is 18.6.